The van der Waals surface area contributed by atoms with Gasteiger partial charge in [0, 0.05) is 56.0 Å². The smallest absolute Gasteiger partial charge is 0.257 e. The minimum absolute atomic E-state index is 0.157. The Kier molecular flexibility index (Phi) is 7.80. The first-order chi connectivity index (χ1) is 19.5. The summed E-state index contributed by atoms with van der Waals surface area (Å²) in [6.07, 6.45) is 3.47. The Balaban J connectivity index is 1.25. The van der Waals surface area contributed by atoms with Crippen molar-refractivity contribution >= 4 is 28.3 Å². The first-order valence-corrected chi connectivity index (χ1v) is 14.2. The molecule has 208 valence electrons. The molecule has 0 radical (unpaired) electrons. The zero-order valence-corrected chi connectivity index (χ0v) is 23.0. The molecule has 6 rings (SSSR count). The fourth-order valence-electron chi connectivity index (χ4n) is 5.82. The molecular formula is C32H36FN5O2. The quantitative estimate of drug-likeness (QED) is 0.334. The number of carbonyl (C=O) groups is 1. The largest absolute Gasteiger partial charge is 0.381 e. The van der Waals surface area contributed by atoms with Crippen molar-refractivity contribution in [3.05, 3.63) is 88.7 Å². The van der Waals surface area contributed by atoms with Gasteiger partial charge >= 0.3 is 0 Å². The normalized spacial score (nSPS) is 16.9. The second-order valence-corrected chi connectivity index (χ2v) is 11.1. The molecule has 40 heavy (non-hydrogen) atoms. The summed E-state index contributed by atoms with van der Waals surface area (Å²) in [5, 5.41) is 11.4. The van der Waals surface area contributed by atoms with Gasteiger partial charge in [0.2, 0.25) is 0 Å². The summed E-state index contributed by atoms with van der Waals surface area (Å²) in [6, 6.07) is 18.9. The number of rotatable bonds is 7. The van der Waals surface area contributed by atoms with E-state index in [0.29, 0.717) is 23.7 Å². The highest BCUT2D eigenvalue weighted by Crippen LogP contribution is 2.29. The van der Waals surface area contributed by atoms with Gasteiger partial charge in [-0.25, -0.2) is 4.39 Å². The number of carbonyl (C=O) groups excluding carboxylic acids is 1. The zero-order valence-electron chi connectivity index (χ0n) is 23.0. The summed E-state index contributed by atoms with van der Waals surface area (Å²) in [6.45, 7) is 5.59. The number of hydrogen-bond donors (Lipinski definition) is 2. The average Bonchev–Trinajstić information content (AvgIpc) is 3.35. The van der Waals surface area contributed by atoms with Crippen LogP contribution in [0.25, 0.3) is 10.9 Å². The van der Waals surface area contributed by atoms with Crippen LogP contribution >= 0.6 is 0 Å². The van der Waals surface area contributed by atoms with Crippen molar-refractivity contribution in [2.45, 2.75) is 25.7 Å². The van der Waals surface area contributed by atoms with Gasteiger partial charge in [0.05, 0.1) is 5.52 Å². The van der Waals surface area contributed by atoms with Crippen LogP contribution in [0.4, 0.5) is 15.9 Å². The number of likely N-dealkylation sites (N-methyl/N-ethyl adjacent to an activating group) is 1. The Morgan fingerprint density at radius 2 is 1.82 bits per heavy atom. The molecule has 0 unspecified atom stereocenters. The minimum atomic E-state index is -0.245. The summed E-state index contributed by atoms with van der Waals surface area (Å²) < 4.78 is 19.3. The van der Waals surface area contributed by atoms with Crippen molar-refractivity contribution < 1.29 is 13.9 Å². The summed E-state index contributed by atoms with van der Waals surface area (Å²) >= 11 is 0. The number of fused-ring (bicyclic) bond motifs is 1. The van der Waals surface area contributed by atoms with E-state index in [2.05, 4.69) is 44.5 Å². The van der Waals surface area contributed by atoms with E-state index < -0.39 is 0 Å². The number of amides is 1. The Labute approximate surface area is 234 Å². The number of aromatic amines is 1. The van der Waals surface area contributed by atoms with Crippen molar-refractivity contribution in [3.8, 4) is 0 Å². The number of anilines is 2. The predicted molar refractivity (Wildman–Crippen MR) is 157 cm³/mol. The number of benzene rings is 3. The Hall–Kier alpha value is -3.75. The van der Waals surface area contributed by atoms with Crippen LogP contribution in [0.1, 0.15) is 39.9 Å². The summed E-state index contributed by atoms with van der Waals surface area (Å²) in [5.74, 6) is 0.599. The van der Waals surface area contributed by atoms with Crippen LogP contribution < -0.4 is 10.2 Å². The third-order valence-electron chi connectivity index (χ3n) is 8.21. The van der Waals surface area contributed by atoms with E-state index in [9.17, 15) is 9.18 Å². The van der Waals surface area contributed by atoms with E-state index in [4.69, 9.17) is 4.74 Å². The average molecular weight is 542 g/mol. The predicted octanol–water partition coefficient (Wildman–Crippen LogP) is 5.27. The molecule has 0 bridgehead atoms. The monoisotopic (exact) mass is 541 g/mol. The number of aromatic nitrogens is 2. The maximum Gasteiger partial charge on any atom is 0.257 e. The molecule has 0 aliphatic carbocycles. The number of ether oxygens (including phenoxy) is 1. The van der Waals surface area contributed by atoms with E-state index in [0.717, 1.165) is 86.2 Å². The zero-order chi connectivity index (χ0) is 27.5. The SMILES string of the molecule is CN1CCN(c2ccc(C(=O)Nc3n[nH]c4ccc(Cc5cccc(F)c5)cc34)c(CC3CCOCC3)c2)CC1. The van der Waals surface area contributed by atoms with E-state index in [1.165, 1.54) is 11.8 Å². The molecule has 8 heteroatoms. The minimum Gasteiger partial charge on any atom is -0.381 e. The molecule has 2 saturated heterocycles. The molecular weight excluding hydrogens is 505 g/mol. The summed E-state index contributed by atoms with van der Waals surface area (Å²) in [7, 11) is 2.16. The highest BCUT2D eigenvalue weighted by Gasteiger charge is 2.22. The van der Waals surface area contributed by atoms with Crippen LogP contribution in [-0.4, -0.2) is 67.4 Å². The van der Waals surface area contributed by atoms with E-state index in [1.54, 1.807) is 12.1 Å². The lowest BCUT2D eigenvalue weighted by atomic mass is 9.89. The highest BCUT2D eigenvalue weighted by atomic mass is 19.1. The molecule has 3 aromatic carbocycles. The lowest BCUT2D eigenvalue weighted by Crippen LogP contribution is -2.44. The van der Waals surface area contributed by atoms with Crippen LogP contribution in [0.15, 0.2) is 60.7 Å². The van der Waals surface area contributed by atoms with Gasteiger partial charge in [0.25, 0.3) is 5.91 Å². The first-order valence-electron chi connectivity index (χ1n) is 14.2. The Bertz CT molecular complexity index is 1490. The lowest BCUT2D eigenvalue weighted by molar-refractivity contribution is 0.0664. The molecule has 0 spiro atoms. The van der Waals surface area contributed by atoms with Crippen LogP contribution in [0.3, 0.4) is 0 Å². The number of hydrogen-bond acceptors (Lipinski definition) is 5. The fraction of sp³-hybridized carbons (Fsp3) is 0.375. The molecule has 1 aromatic heterocycles. The van der Waals surface area contributed by atoms with Crippen LogP contribution in [0.2, 0.25) is 0 Å². The second-order valence-electron chi connectivity index (χ2n) is 11.1. The topological polar surface area (TPSA) is 73.5 Å². The van der Waals surface area contributed by atoms with E-state index in [-0.39, 0.29) is 11.7 Å². The number of nitrogens with zero attached hydrogens (tertiary/aromatic N) is 3. The molecule has 1 amide bonds. The van der Waals surface area contributed by atoms with Gasteiger partial charge in [0.1, 0.15) is 5.82 Å². The van der Waals surface area contributed by atoms with Gasteiger partial charge in [-0.05, 0) is 97.8 Å². The molecule has 0 atom stereocenters. The van der Waals surface area contributed by atoms with Gasteiger partial charge in [-0.15, -0.1) is 0 Å². The van der Waals surface area contributed by atoms with E-state index >= 15 is 0 Å². The van der Waals surface area contributed by atoms with Gasteiger partial charge in [-0.3, -0.25) is 9.89 Å². The summed E-state index contributed by atoms with van der Waals surface area (Å²) in [5.41, 5.74) is 5.70. The van der Waals surface area contributed by atoms with Crippen molar-refractivity contribution in [1.82, 2.24) is 15.1 Å². The third kappa shape index (κ3) is 6.03. The third-order valence-corrected chi connectivity index (χ3v) is 8.21. The molecule has 2 aliphatic rings. The molecule has 3 heterocycles. The first kappa shape index (κ1) is 26.5. The fourth-order valence-corrected chi connectivity index (χ4v) is 5.82. The Morgan fingerprint density at radius 3 is 2.62 bits per heavy atom. The molecule has 0 saturated carbocycles. The van der Waals surface area contributed by atoms with Gasteiger partial charge < -0.3 is 19.9 Å². The molecule has 2 fully saturated rings. The number of H-pyrrole nitrogens is 1. The second kappa shape index (κ2) is 11.8. The van der Waals surface area contributed by atoms with Crippen molar-refractivity contribution in [2.75, 3.05) is 56.7 Å². The number of halogens is 1. The maximum absolute atomic E-state index is 13.7. The molecule has 2 N–H and O–H groups in total. The molecule has 2 aliphatic heterocycles. The van der Waals surface area contributed by atoms with Crippen LogP contribution in [0, 0.1) is 11.7 Å². The van der Waals surface area contributed by atoms with Gasteiger partial charge in [0.15, 0.2) is 5.82 Å². The summed E-state index contributed by atoms with van der Waals surface area (Å²) in [4.78, 5) is 18.5. The van der Waals surface area contributed by atoms with Gasteiger partial charge in [-0.1, -0.05) is 18.2 Å². The maximum atomic E-state index is 13.7. The van der Waals surface area contributed by atoms with Gasteiger partial charge in [-0.2, -0.15) is 5.10 Å². The standard InChI is InChI=1S/C32H36FN5O2/c1-37-11-13-38(14-12-37)27-6-7-28(25(21-27)18-22-9-15-40-16-10-22)32(39)34-31-29-20-24(5-8-30(29)35-36-31)17-23-3-2-4-26(33)19-23/h2-8,19-22H,9-18H2,1H3,(H2,34,35,36,39). The molecule has 7 nitrogen and oxygen atoms in total. The Morgan fingerprint density at radius 1 is 1.02 bits per heavy atom. The van der Waals surface area contributed by atoms with Crippen LogP contribution in [0.5, 0.6) is 0 Å². The van der Waals surface area contributed by atoms with Crippen molar-refractivity contribution in [2.24, 2.45) is 5.92 Å². The molecule has 4 aromatic rings. The van der Waals surface area contributed by atoms with Crippen molar-refractivity contribution in [1.29, 1.82) is 0 Å². The highest BCUT2D eigenvalue weighted by molar-refractivity contribution is 6.08. The van der Waals surface area contributed by atoms with Crippen LogP contribution in [-0.2, 0) is 17.6 Å². The number of piperazine rings is 1. The van der Waals surface area contributed by atoms with Crippen molar-refractivity contribution in [3.63, 3.8) is 0 Å². The lowest BCUT2D eigenvalue weighted by Gasteiger charge is -2.34. The number of nitrogens with one attached hydrogen (secondary N) is 2. The van der Waals surface area contributed by atoms with E-state index in [1.807, 2.05) is 30.3 Å².